The molecule has 0 saturated heterocycles. The van der Waals surface area contributed by atoms with E-state index in [0.29, 0.717) is 0 Å². The molecule has 2 rings (SSSR count). The summed E-state index contributed by atoms with van der Waals surface area (Å²) in [5.74, 6) is 0. The first-order valence-electron chi connectivity index (χ1n) is 3.60. The Hall–Kier alpha value is 0.00662. The number of rotatable bonds is 0. The van der Waals surface area contributed by atoms with Gasteiger partial charge in [0.05, 0.1) is 0 Å². The Bertz CT molecular complexity index is 387. The van der Waals surface area contributed by atoms with Gasteiger partial charge in [-0.1, -0.05) is 13.0 Å². The normalized spacial score (nSPS) is 8.69. The summed E-state index contributed by atoms with van der Waals surface area (Å²) < 4.78 is 0. The SMILES string of the molecule is Cc1[c-]c2ncccc2cc1.[W].[W]. The fourth-order valence-corrected chi connectivity index (χ4v) is 1.10. The maximum atomic E-state index is 4.19. The Morgan fingerprint density at radius 2 is 1.92 bits per heavy atom. The standard InChI is InChI=1S/C10H8N.2W/c1-8-4-5-9-3-2-6-11-10(9)7-8;;/h2-6H,1H3;;/q-1;;. The van der Waals surface area contributed by atoms with Crippen LogP contribution in [0.2, 0.25) is 0 Å². The Kier molecular flexibility index (Phi) is 5.68. The molecule has 13 heavy (non-hydrogen) atoms. The van der Waals surface area contributed by atoms with Crippen LogP contribution in [0.25, 0.3) is 10.9 Å². The van der Waals surface area contributed by atoms with E-state index in [-0.39, 0.29) is 42.1 Å². The summed E-state index contributed by atoms with van der Waals surface area (Å²) in [5.41, 5.74) is 2.09. The van der Waals surface area contributed by atoms with Crippen molar-refractivity contribution in [3.8, 4) is 0 Å². The monoisotopic (exact) mass is 510 g/mol. The molecule has 0 aliphatic rings. The van der Waals surface area contributed by atoms with Crippen molar-refractivity contribution in [2.75, 3.05) is 0 Å². The molecular weight excluding hydrogens is 502 g/mol. The zero-order valence-corrected chi connectivity index (χ0v) is 13.0. The number of benzene rings is 1. The fraction of sp³-hybridized carbons (Fsp3) is 0.100. The van der Waals surface area contributed by atoms with E-state index < -0.39 is 0 Å². The second-order valence-electron chi connectivity index (χ2n) is 2.58. The summed E-state index contributed by atoms with van der Waals surface area (Å²) in [6.07, 6.45) is 1.79. The van der Waals surface area contributed by atoms with Crippen molar-refractivity contribution in [1.29, 1.82) is 0 Å². The van der Waals surface area contributed by atoms with E-state index in [1.165, 1.54) is 0 Å². The number of pyridine rings is 1. The fourth-order valence-electron chi connectivity index (χ4n) is 1.10. The molecule has 0 radical (unpaired) electrons. The van der Waals surface area contributed by atoms with E-state index in [9.17, 15) is 0 Å². The maximum absolute atomic E-state index is 4.19. The van der Waals surface area contributed by atoms with Gasteiger partial charge >= 0.3 is 0 Å². The Labute approximate surface area is 106 Å². The smallest absolute Gasteiger partial charge is 0.0239 e. The largest absolute Gasteiger partial charge is 0.283 e. The molecule has 0 spiro atoms. The molecule has 0 amide bonds. The molecule has 0 atom stereocenters. The van der Waals surface area contributed by atoms with Crippen LogP contribution in [0.5, 0.6) is 0 Å². The third-order valence-electron chi connectivity index (χ3n) is 1.67. The first kappa shape index (κ1) is 13.0. The Balaban J connectivity index is 0.000000720. The van der Waals surface area contributed by atoms with E-state index in [1.54, 1.807) is 6.20 Å². The Morgan fingerprint density at radius 1 is 1.15 bits per heavy atom. The van der Waals surface area contributed by atoms with Crippen molar-refractivity contribution >= 4 is 10.9 Å². The Morgan fingerprint density at radius 3 is 2.69 bits per heavy atom. The molecule has 0 aliphatic heterocycles. The molecule has 2 aromatic rings. The number of nitrogens with zero attached hydrogens (tertiary/aromatic N) is 1. The molecule has 0 saturated carbocycles. The molecule has 0 N–H and O–H groups in total. The third-order valence-corrected chi connectivity index (χ3v) is 1.67. The average molecular weight is 510 g/mol. The number of hydrogen-bond donors (Lipinski definition) is 0. The summed E-state index contributed by atoms with van der Waals surface area (Å²) in [6, 6.07) is 11.3. The first-order valence-corrected chi connectivity index (χ1v) is 3.60. The van der Waals surface area contributed by atoms with Gasteiger partial charge in [0.1, 0.15) is 0 Å². The van der Waals surface area contributed by atoms with Crippen molar-refractivity contribution in [3.63, 3.8) is 0 Å². The van der Waals surface area contributed by atoms with Crippen molar-refractivity contribution in [1.82, 2.24) is 4.98 Å². The first-order chi connectivity index (χ1) is 5.36. The number of hydrogen-bond acceptors (Lipinski definition) is 1. The van der Waals surface area contributed by atoms with Gasteiger partial charge in [0.15, 0.2) is 0 Å². The van der Waals surface area contributed by atoms with Crippen molar-refractivity contribution in [3.05, 3.63) is 42.1 Å². The van der Waals surface area contributed by atoms with Crippen LogP contribution >= 0.6 is 0 Å². The zero-order valence-electron chi connectivity index (χ0n) is 7.15. The predicted octanol–water partition coefficient (Wildman–Crippen LogP) is 2.34. The molecular formula is C10H8NW2-. The van der Waals surface area contributed by atoms with E-state index in [2.05, 4.69) is 17.1 Å². The van der Waals surface area contributed by atoms with Crippen LogP contribution in [0.1, 0.15) is 5.56 Å². The van der Waals surface area contributed by atoms with Gasteiger partial charge in [-0.05, 0) is 5.52 Å². The molecule has 0 unspecified atom stereocenters. The summed E-state index contributed by atoms with van der Waals surface area (Å²) in [5, 5.41) is 1.15. The molecule has 0 bridgehead atoms. The molecule has 1 aromatic heterocycles. The van der Waals surface area contributed by atoms with E-state index in [4.69, 9.17) is 0 Å². The summed E-state index contributed by atoms with van der Waals surface area (Å²) >= 11 is 0. The van der Waals surface area contributed by atoms with E-state index in [1.807, 2.05) is 25.1 Å². The summed E-state index contributed by atoms with van der Waals surface area (Å²) in [7, 11) is 0. The second-order valence-corrected chi connectivity index (χ2v) is 2.58. The molecule has 3 heteroatoms. The van der Waals surface area contributed by atoms with E-state index in [0.717, 1.165) is 16.5 Å². The summed E-state index contributed by atoms with van der Waals surface area (Å²) in [4.78, 5) is 4.19. The van der Waals surface area contributed by atoms with Crippen LogP contribution < -0.4 is 0 Å². The molecule has 1 aromatic carbocycles. The van der Waals surface area contributed by atoms with Gasteiger partial charge in [-0.25, -0.2) is 0 Å². The zero-order chi connectivity index (χ0) is 7.68. The van der Waals surface area contributed by atoms with Crippen LogP contribution in [0, 0.1) is 13.0 Å². The minimum Gasteiger partial charge on any atom is -0.283 e. The minimum atomic E-state index is 0. The molecule has 0 fully saturated rings. The van der Waals surface area contributed by atoms with Gasteiger partial charge in [0.2, 0.25) is 0 Å². The van der Waals surface area contributed by atoms with E-state index >= 15 is 0 Å². The van der Waals surface area contributed by atoms with Crippen LogP contribution in [-0.2, 0) is 42.1 Å². The second kappa shape index (κ2) is 5.68. The minimum absolute atomic E-state index is 0. The predicted molar refractivity (Wildman–Crippen MR) is 45.3 cm³/mol. The van der Waals surface area contributed by atoms with Gasteiger partial charge in [-0.3, -0.25) is 4.98 Å². The van der Waals surface area contributed by atoms with Crippen LogP contribution in [0.3, 0.4) is 0 Å². The van der Waals surface area contributed by atoms with Gasteiger partial charge in [-0.2, -0.15) is 23.8 Å². The van der Waals surface area contributed by atoms with Gasteiger partial charge < -0.3 is 0 Å². The van der Waals surface area contributed by atoms with Crippen LogP contribution in [0.4, 0.5) is 0 Å². The van der Waals surface area contributed by atoms with Crippen molar-refractivity contribution < 1.29 is 42.1 Å². The van der Waals surface area contributed by atoms with Gasteiger partial charge in [-0.15, -0.1) is 11.5 Å². The number of aromatic nitrogens is 1. The molecule has 66 valence electrons. The van der Waals surface area contributed by atoms with Crippen LogP contribution in [-0.4, -0.2) is 4.98 Å². The quantitative estimate of drug-likeness (QED) is 0.497. The third kappa shape index (κ3) is 3.00. The van der Waals surface area contributed by atoms with Crippen molar-refractivity contribution in [2.24, 2.45) is 0 Å². The molecule has 0 aliphatic carbocycles. The average Bonchev–Trinajstić information content (AvgIpc) is 2.04. The molecule has 1 nitrogen and oxygen atoms in total. The van der Waals surface area contributed by atoms with Gasteiger partial charge in [0, 0.05) is 48.3 Å². The topological polar surface area (TPSA) is 12.9 Å². The van der Waals surface area contributed by atoms with Gasteiger partial charge in [0.25, 0.3) is 0 Å². The molecule has 1 heterocycles. The number of aryl methyl sites for hydroxylation is 1. The van der Waals surface area contributed by atoms with Crippen molar-refractivity contribution in [2.45, 2.75) is 6.92 Å². The summed E-state index contributed by atoms with van der Waals surface area (Å²) in [6.45, 7) is 2.02. The number of fused-ring (bicyclic) bond motifs is 1. The maximum Gasteiger partial charge on any atom is 0.0239 e. The van der Waals surface area contributed by atoms with Crippen LogP contribution in [0.15, 0.2) is 30.5 Å².